The zero-order valence-corrected chi connectivity index (χ0v) is 15.6. The lowest BCUT2D eigenvalue weighted by Crippen LogP contribution is -3.14. The summed E-state index contributed by atoms with van der Waals surface area (Å²) >= 11 is 3.35. The van der Waals surface area contributed by atoms with Crippen LogP contribution in [-0.2, 0) is 0 Å². The zero-order chi connectivity index (χ0) is 17.6. The van der Waals surface area contributed by atoms with Crippen LogP contribution in [0.5, 0.6) is 5.75 Å². The van der Waals surface area contributed by atoms with Crippen molar-refractivity contribution in [2.45, 2.75) is 0 Å². The second-order valence-electron chi connectivity index (χ2n) is 6.22. The van der Waals surface area contributed by atoms with E-state index in [1.165, 1.54) is 10.5 Å². The fraction of sp³-hybridized carbons (Fsp3) is 0.250. The summed E-state index contributed by atoms with van der Waals surface area (Å²) in [5.41, 5.74) is 1.57. The van der Waals surface area contributed by atoms with Gasteiger partial charge in [0.1, 0.15) is 5.75 Å². The number of hydrogen-bond acceptors (Lipinski definition) is 2. The standard InChI is InChI=1S/C20H21BrN2O2/c21-17-8-9-19(24)18(15-17)20(25)23-13-11-22(12-14-23)10-4-7-16-5-2-1-3-6-16/h1-9,15,24H,10-14H2/p+1/b7-4+. The van der Waals surface area contributed by atoms with Gasteiger partial charge in [-0.25, -0.2) is 0 Å². The number of benzene rings is 2. The highest BCUT2D eigenvalue weighted by atomic mass is 79.9. The summed E-state index contributed by atoms with van der Waals surface area (Å²) in [5, 5.41) is 9.93. The molecule has 0 saturated carbocycles. The number of nitrogens with one attached hydrogen (secondary N) is 1. The third-order valence-corrected chi connectivity index (χ3v) is 4.96. The quantitative estimate of drug-likeness (QED) is 0.824. The summed E-state index contributed by atoms with van der Waals surface area (Å²) in [7, 11) is 0. The largest absolute Gasteiger partial charge is 0.507 e. The fourth-order valence-electron chi connectivity index (χ4n) is 3.01. The Kier molecular flexibility index (Phi) is 5.89. The molecule has 3 rings (SSSR count). The summed E-state index contributed by atoms with van der Waals surface area (Å²) in [6.07, 6.45) is 4.34. The molecule has 1 aliphatic rings. The van der Waals surface area contributed by atoms with Crippen LogP contribution in [0.1, 0.15) is 15.9 Å². The van der Waals surface area contributed by atoms with Crippen molar-refractivity contribution in [3.8, 4) is 5.75 Å². The number of hydrogen-bond donors (Lipinski definition) is 2. The molecule has 1 fully saturated rings. The number of amides is 1. The number of phenolic OH excluding ortho intramolecular Hbond substituents is 1. The number of carbonyl (C=O) groups excluding carboxylic acids is 1. The number of piperazine rings is 1. The van der Waals surface area contributed by atoms with E-state index in [9.17, 15) is 9.90 Å². The molecule has 1 aliphatic heterocycles. The van der Waals surface area contributed by atoms with Crippen molar-refractivity contribution in [1.82, 2.24) is 4.90 Å². The second-order valence-corrected chi connectivity index (χ2v) is 7.14. The third kappa shape index (κ3) is 4.71. The molecule has 1 amide bonds. The first-order chi connectivity index (χ1) is 12.1. The van der Waals surface area contributed by atoms with E-state index in [2.05, 4.69) is 40.2 Å². The van der Waals surface area contributed by atoms with Crippen LogP contribution in [0.3, 0.4) is 0 Å². The Labute approximate surface area is 156 Å². The van der Waals surface area contributed by atoms with Crippen molar-refractivity contribution >= 4 is 27.9 Å². The van der Waals surface area contributed by atoms with Gasteiger partial charge in [0, 0.05) is 4.47 Å². The van der Waals surface area contributed by atoms with Crippen molar-refractivity contribution in [1.29, 1.82) is 0 Å². The lowest BCUT2D eigenvalue weighted by molar-refractivity contribution is -0.898. The molecule has 0 atom stereocenters. The van der Waals surface area contributed by atoms with Crippen molar-refractivity contribution in [3.63, 3.8) is 0 Å². The molecule has 0 bridgehead atoms. The SMILES string of the molecule is O=C(c1cc(Br)ccc1O)N1CC[NH+](C/C=C/c2ccccc2)CC1. The molecular formula is C20H22BrN2O2+. The number of carbonyl (C=O) groups is 1. The predicted molar refractivity (Wildman–Crippen MR) is 103 cm³/mol. The maximum Gasteiger partial charge on any atom is 0.258 e. The van der Waals surface area contributed by atoms with E-state index < -0.39 is 0 Å². The first-order valence-electron chi connectivity index (χ1n) is 8.46. The van der Waals surface area contributed by atoms with Gasteiger partial charge in [-0.1, -0.05) is 52.3 Å². The highest BCUT2D eigenvalue weighted by Gasteiger charge is 2.25. The predicted octanol–water partition coefficient (Wildman–Crippen LogP) is 2.21. The van der Waals surface area contributed by atoms with E-state index in [1.54, 1.807) is 18.2 Å². The van der Waals surface area contributed by atoms with Gasteiger partial charge in [0.05, 0.1) is 38.3 Å². The number of quaternary nitrogens is 1. The van der Waals surface area contributed by atoms with Crippen LogP contribution >= 0.6 is 15.9 Å². The van der Waals surface area contributed by atoms with Crippen LogP contribution in [0, 0.1) is 0 Å². The van der Waals surface area contributed by atoms with E-state index in [0.29, 0.717) is 18.7 Å². The molecule has 0 spiro atoms. The van der Waals surface area contributed by atoms with Crippen LogP contribution in [0.2, 0.25) is 0 Å². The molecule has 0 radical (unpaired) electrons. The van der Waals surface area contributed by atoms with Gasteiger partial charge in [-0.05, 0) is 29.8 Å². The molecule has 0 aromatic heterocycles. The Bertz CT molecular complexity index is 754. The maximum atomic E-state index is 12.6. The minimum Gasteiger partial charge on any atom is -0.507 e. The van der Waals surface area contributed by atoms with Crippen molar-refractivity contribution in [2.75, 3.05) is 32.7 Å². The van der Waals surface area contributed by atoms with Gasteiger partial charge in [0.15, 0.2) is 0 Å². The van der Waals surface area contributed by atoms with Crippen LogP contribution in [-0.4, -0.2) is 48.6 Å². The zero-order valence-electron chi connectivity index (χ0n) is 14.0. The highest BCUT2D eigenvalue weighted by Crippen LogP contribution is 2.23. The van der Waals surface area contributed by atoms with Gasteiger partial charge in [0.2, 0.25) is 0 Å². The molecule has 2 aromatic rings. The Morgan fingerprint density at radius 1 is 1.16 bits per heavy atom. The Morgan fingerprint density at radius 3 is 2.60 bits per heavy atom. The number of phenols is 1. The summed E-state index contributed by atoms with van der Waals surface area (Å²) in [5.74, 6) is -0.0635. The number of halogens is 1. The summed E-state index contributed by atoms with van der Waals surface area (Å²) < 4.78 is 0.795. The fourth-order valence-corrected chi connectivity index (χ4v) is 3.37. The van der Waals surface area contributed by atoms with Crippen LogP contribution < -0.4 is 4.90 Å². The number of rotatable bonds is 4. The maximum absolute atomic E-state index is 12.6. The van der Waals surface area contributed by atoms with E-state index in [4.69, 9.17) is 0 Å². The minimum absolute atomic E-state index is 0.0359. The molecule has 1 heterocycles. The molecule has 1 saturated heterocycles. The van der Waals surface area contributed by atoms with Gasteiger partial charge in [-0.3, -0.25) is 4.79 Å². The lowest BCUT2D eigenvalue weighted by Gasteiger charge is -2.31. The molecule has 5 heteroatoms. The van der Waals surface area contributed by atoms with Crippen LogP contribution in [0.4, 0.5) is 0 Å². The van der Waals surface area contributed by atoms with Gasteiger partial charge in [-0.15, -0.1) is 0 Å². The Hall–Kier alpha value is -2.11. The van der Waals surface area contributed by atoms with Gasteiger partial charge in [-0.2, -0.15) is 0 Å². The van der Waals surface area contributed by atoms with E-state index in [0.717, 1.165) is 24.1 Å². The molecule has 130 valence electrons. The number of nitrogens with zero attached hydrogens (tertiary/aromatic N) is 1. The smallest absolute Gasteiger partial charge is 0.258 e. The summed E-state index contributed by atoms with van der Waals surface area (Å²) in [6, 6.07) is 15.2. The topological polar surface area (TPSA) is 45.0 Å². The van der Waals surface area contributed by atoms with Gasteiger partial charge < -0.3 is 14.9 Å². The van der Waals surface area contributed by atoms with Crippen molar-refractivity contribution < 1.29 is 14.8 Å². The lowest BCUT2D eigenvalue weighted by atomic mass is 10.1. The van der Waals surface area contributed by atoms with Crippen LogP contribution in [0.15, 0.2) is 59.1 Å². The van der Waals surface area contributed by atoms with Crippen LogP contribution in [0.25, 0.3) is 6.08 Å². The van der Waals surface area contributed by atoms with Crippen molar-refractivity contribution in [2.24, 2.45) is 0 Å². The normalized spacial score (nSPS) is 15.6. The van der Waals surface area contributed by atoms with E-state index >= 15 is 0 Å². The summed E-state index contributed by atoms with van der Waals surface area (Å²) in [6.45, 7) is 4.21. The third-order valence-electron chi connectivity index (χ3n) is 4.46. The molecule has 0 unspecified atom stereocenters. The summed E-state index contributed by atoms with van der Waals surface area (Å²) in [4.78, 5) is 15.9. The van der Waals surface area contributed by atoms with Crippen molar-refractivity contribution in [3.05, 3.63) is 70.2 Å². The first kappa shape index (κ1) is 17.7. The molecule has 0 aliphatic carbocycles. The Balaban J connectivity index is 1.52. The average molecular weight is 402 g/mol. The molecule has 2 aromatic carbocycles. The molecule has 4 nitrogen and oxygen atoms in total. The van der Waals surface area contributed by atoms with E-state index in [1.807, 2.05) is 23.1 Å². The average Bonchev–Trinajstić information content (AvgIpc) is 2.65. The van der Waals surface area contributed by atoms with Gasteiger partial charge >= 0.3 is 0 Å². The second kappa shape index (κ2) is 8.32. The first-order valence-corrected chi connectivity index (χ1v) is 9.26. The molecule has 2 N–H and O–H groups in total. The highest BCUT2D eigenvalue weighted by molar-refractivity contribution is 9.10. The minimum atomic E-state index is -0.0994. The molecular weight excluding hydrogens is 380 g/mol. The Morgan fingerprint density at radius 2 is 1.88 bits per heavy atom. The molecule has 25 heavy (non-hydrogen) atoms. The van der Waals surface area contributed by atoms with E-state index in [-0.39, 0.29) is 11.7 Å². The van der Waals surface area contributed by atoms with Gasteiger partial charge in [0.25, 0.3) is 5.91 Å². The monoisotopic (exact) mass is 401 g/mol. The number of aromatic hydroxyl groups is 1.